The Hall–Kier alpha value is -2.44. The summed E-state index contributed by atoms with van der Waals surface area (Å²) in [5, 5.41) is 6.27. The number of carbonyl (C=O) groups excluding carboxylic acids is 2. The standard InChI is InChI=1S/C18H19Cl2N3O3/c1-10-7-15(16(26-2)8-13(10)20)22-17(24)9-14(23-18(21)25)11-5-3-4-6-12(11)19/h3-8,14H,9H2,1-2H3,(H,22,24)(H3,21,23,25). The van der Waals surface area contributed by atoms with Gasteiger partial charge in [0.1, 0.15) is 5.75 Å². The summed E-state index contributed by atoms with van der Waals surface area (Å²) >= 11 is 12.2. The van der Waals surface area contributed by atoms with E-state index in [0.717, 1.165) is 5.56 Å². The lowest BCUT2D eigenvalue weighted by molar-refractivity contribution is -0.116. The van der Waals surface area contributed by atoms with E-state index in [1.807, 2.05) is 6.92 Å². The monoisotopic (exact) mass is 395 g/mol. The molecule has 0 aliphatic heterocycles. The van der Waals surface area contributed by atoms with Crippen LogP contribution in [0, 0.1) is 6.92 Å². The van der Waals surface area contributed by atoms with Gasteiger partial charge in [-0.3, -0.25) is 4.79 Å². The molecule has 0 saturated heterocycles. The smallest absolute Gasteiger partial charge is 0.312 e. The molecule has 0 spiro atoms. The Balaban J connectivity index is 2.22. The molecule has 2 aromatic rings. The van der Waals surface area contributed by atoms with Gasteiger partial charge in [-0.25, -0.2) is 4.79 Å². The second kappa shape index (κ2) is 8.78. The van der Waals surface area contributed by atoms with E-state index in [1.165, 1.54) is 7.11 Å². The van der Waals surface area contributed by atoms with Crippen LogP contribution in [0.15, 0.2) is 36.4 Å². The third-order valence-corrected chi connectivity index (χ3v) is 4.49. The number of methoxy groups -OCH3 is 1. The SMILES string of the molecule is COc1cc(Cl)c(C)cc1NC(=O)CC(NC(N)=O)c1ccccc1Cl. The third kappa shape index (κ3) is 5.03. The number of urea groups is 1. The number of carbonyl (C=O) groups is 2. The van der Waals surface area contributed by atoms with Gasteiger partial charge < -0.3 is 21.1 Å². The molecule has 0 bridgehead atoms. The van der Waals surface area contributed by atoms with Gasteiger partial charge >= 0.3 is 6.03 Å². The van der Waals surface area contributed by atoms with Crippen LogP contribution in [0.4, 0.5) is 10.5 Å². The minimum Gasteiger partial charge on any atom is -0.495 e. The first-order valence-corrected chi connectivity index (χ1v) is 8.51. The number of primary amides is 1. The molecule has 0 heterocycles. The van der Waals surface area contributed by atoms with Crippen molar-refractivity contribution < 1.29 is 14.3 Å². The minimum absolute atomic E-state index is 0.0580. The summed E-state index contributed by atoms with van der Waals surface area (Å²) in [5.41, 5.74) is 7.11. The molecule has 4 N–H and O–H groups in total. The Bertz CT molecular complexity index is 827. The number of nitrogens with two attached hydrogens (primary N) is 1. The van der Waals surface area contributed by atoms with Crippen LogP contribution in [-0.4, -0.2) is 19.0 Å². The summed E-state index contributed by atoms with van der Waals surface area (Å²) in [6.45, 7) is 1.82. The number of aryl methyl sites for hydroxylation is 1. The highest BCUT2D eigenvalue weighted by atomic mass is 35.5. The lowest BCUT2D eigenvalue weighted by Gasteiger charge is -2.19. The Morgan fingerprint density at radius 3 is 2.50 bits per heavy atom. The molecule has 0 aliphatic rings. The van der Waals surface area contributed by atoms with E-state index in [0.29, 0.717) is 27.0 Å². The summed E-state index contributed by atoms with van der Waals surface area (Å²) in [6.07, 6.45) is -0.0580. The number of ether oxygens (including phenoxy) is 1. The molecule has 0 radical (unpaired) electrons. The molecule has 8 heteroatoms. The summed E-state index contributed by atoms with van der Waals surface area (Å²) in [5.74, 6) is 0.0924. The zero-order valence-electron chi connectivity index (χ0n) is 14.3. The number of benzene rings is 2. The molecule has 3 amide bonds. The highest BCUT2D eigenvalue weighted by molar-refractivity contribution is 6.32. The molecule has 1 atom stereocenters. The van der Waals surface area contributed by atoms with Gasteiger partial charge in [0.2, 0.25) is 5.91 Å². The van der Waals surface area contributed by atoms with Crippen LogP contribution < -0.4 is 21.1 Å². The molecule has 1 unspecified atom stereocenters. The molecule has 0 fully saturated rings. The maximum atomic E-state index is 12.5. The molecular weight excluding hydrogens is 377 g/mol. The van der Waals surface area contributed by atoms with E-state index in [1.54, 1.807) is 36.4 Å². The van der Waals surface area contributed by atoms with E-state index in [2.05, 4.69) is 10.6 Å². The summed E-state index contributed by atoms with van der Waals surface area (Å²) < 4.78 is 5.25. The first-order chi connectivity index (χ1) is 12.3. The normalized spacial score (nSPS) is 11.5. The Morgan fingerprint density at radius 1 is 1.19 bits per heavy atom. The quantitative estimate of drug-likeness (QED) is 0.688. The molecule has 0 aromatic heterocycles. The first kappa shape index (κ1) is 19.9. The fourth-order valence-corrected chi connectivity index (χ4v) is 2.91. The minimum atomic E-state index is -0.748. The van der Waals surface area contributed by atoms with Crippen LogP contribution >= 0.6 is 23.2 Å². The first-order valence-electron chi connectivity index (χ1n) is 7.76. The van der Waals surface area contributed by atoms with Gasteiger partial charge in [-0.05, 0) is 30.2 Å². The molecule has 0 saturated carbocycles. The van der Waals surface area contributed by atoms with Crippen LogP contribution in [-0.2, 0) is 4.79 Å². The summed E-state index contributed by atoms with van der Waals surface area (Å²) in [4.78, 5) is 23.8. The van der Waals surface area contributed by atoms with Crippen molar-refractivity contribution in [2.75, 3.05) is 12.4 Å². The lowest BCUT2D eigenvalue weighted by Crippen LogP contribution is -2.35. The molecule has 6 nitrogen and oxygen atoms in total. The van der Waals surface area contributed by atoms with Crippen LogP contribution in [0.25, 0.3) is 0 Å². The molecule has 2 aromatic carbocycles. The van der Waals surface area contributed by atoms with Gasteiger partial charge in [-0.15, -0.1) is 0 Å². The summed E-state index contributed by atoms with van der Waals surface area (Å²) in [7, 11) is 1.48. The van der Waals surface area contributed by atoms with Crippen LogP contribution in [0.1, 0.15) is 23.6 Å². The van der Waals surface area contributed by atoms with Gasteiger partial charge in [0.25, 0.3) is 0 Å². The highest BCUT2D eigenvalue weighted by Gasteiger charge is 2.20. The van der Waals surface area contributed by atoms with Gasteiger partial charge in [0.05, 0.1) is 25.3 Å². The van der Waals surface area contributed by atoms with E-state index < -0.39 is 12.1 Å². The lowest BCUT2D eigenvalue weighted by atomic mass is 10.0. The average molecular weight is 396 g/mol. The van der Waals surface area contributed by atoms with Crippen LogP contribution in [0.3, 0.4) is 0 Å². The van der Waals surface area contributed by atoms with Crippen molar-refractivity contribution in [1.82, 2.24) is 5.32 Å². The van der Waals surface area contributed by atoms with Crippen molar-refractivity contribution in [3.63, 3.8) is 0 Å². The van der Waals surface area contributed by atoms with Gasteiger partial charge in [0.15, 0.2) is 0 Å². The largest absolute Gasteiger partial charge is 0.495 e. The number of halogens is 2. The van der Waals surface area contributed by atoms with E-state index >= 15 is 0 Å². The molecule has 2 rings (SSSR count). The van der Waals surface area contributed by atoms with Crippen molar-refractivity contribution in [2.24, 2.45) is 5.73 Å². The zero-order chi connectivity index (χ0) is 19.3. The Labute approximate surface area is 161 Å². The van der Waals surface area contributed by atoms with Gasteiger partial charge in [-0.1, -0.05) is 41.4 Å². The predicted octanol–water partition coefficient (Wildman–Crippen LogP) is 4.05. The Kier molecular flexibility index (Phi) is 6.71. The van der Waals surface area contributed by atoms with Crippen molar-refractivity contribution in [1.29, 1.82) is 0 Å². The van der Waals surface area contributed by atoms with E-state index in [-0.39, 0.29) is 12.3 Å². The Morgan fingerprint density at radius 2 is 1.88 bits per heavy atom. The number of hydrogen-bond donors (Lipinski definition) is 3. The predicted molar refractivity (Wildman–Crippen MR) is 103 cm³/mol. The summed E-state index contributed by atoms with van der Waals surface area (Å²) in [6, 6.07) is 8.85. The van der Waals surface area contributed by atoms with Crippen LogP contribution in [0.5, 0.6) is 5.75 Å². The van der Waals surface area contributed by atoms with Crippen molar-refractivity contribution in [3.8, 4) is 5.75 Å². The maximum Gasteiger partial charge on any atom is 0.312 e. The molecule has 0 aliphatic carbocycles. The number of rotatable bonds is 6. The van der Waals surface area contributed by atoms with Crippen molar-refractivity contribution in [3.05, 3.63) is 57.6 Å². The van der Waals surface area contributed by atoms with Gasteiger partial charge in [-0.2, -0.15) is 0 Å². The van der Waals surface area contributed by atoms with E-state index in [4.69, 9.17) is 33.7 Å². The zero-order valence-corrected chi connectivity index (χ0v) is 15.8. The molecular formula is C18H19Cl2N3O3. The molecule has 138 valence electrons. The fraction of sp³-hybridized carbons (Fsp3) is 0.222. The van der Waals surface area contributed by atoms with Gasteiger partial charge in [0, 0.05) is 16.1 Å². The van der Waals surface area contributed by atoms with Crippen molar-refractivity contribution in [2.45, 2.75) is 19.4 Å². The number of amides is 3. The third-order valence-electron chi connectivity index (χ3n) is 3.74. The van der Waals surface area contributed by atoms with Crippen molar-refractivity contribution >= 4 is 40.8 Å². The number of hydrogen-bond acceptors (Lipinski definition) is 3. The second-order valence-electron chi connectivity index (χ2n) is 5.64. The average Bonchev–Trinajstić information content (AvgIpc) is 2.57. The maximum absolute atomic E-state index is 12.5. The highest BCUT2D eigenvalue weighted by Crippen LogP contribution is 2.32. The second-order valence-corrected chi connectivity index (χ2v) is 6.45. The number of nitrogens with one attached hydrogen (secondary N) is 2. The number of anilines is 1. The van der Waals surface area contributed by atoms with E-state index in [9.17, 15) is 9.59 Å². The van der Waals surface area contributed by atoms with Crippen LogP contribution in [0.2, 0.25) is 10.0 Å². The fourth-order valence-electron chi connectivity index (χ4n) is 2.48. The molecule has 26 heavy (non-hydrogen) atoms. The topological polar surface area (TPSA) is 93.4 Å².